The number of amides is 1. The van der Waals surface area contributed by atoms with Crippen LogP contribution in [0.3, 0.4) is 0 Å². The fourth-order valence-electron chi connectivity index (χ4n) is 1.78. The maximum Gasteiger partial charge on any atom is 0.343 e. The molecule has 1 aromatic rings. The van der Waals surface area contributed by atoms with Crippen molar-refractivity contribution >= 4 is 28.4 Å². The molecule has 1 fully saturated rings. The third kappa shape index (κ3) is 2.53. The van der Waals surface area contributed by atoms with Gasteiger partial charge in [0.15, 0.2) is 0 Å². The third-order valence-corrected chi connectivity index (χ3v) is 3.91. The van der Waals surface area contributed by atoms with Gasteiger partial charge in [0, 0.05) is 5.92 Å². The molecule has 1 aliphatic carbocycles. The molecule has 5 nitrogen and oxygen atoms in total. The molecule has 1 aromatic heterocycles. The van der Waals surface area contributed by atoms with Gasteiger partial charge in [-0.2, -0.15) is 4.37 Å². The molecule has 6 heteroatoms. The van der Waals surface area contributed by atoms with Crippen molar-refractivity contribution in [3.63, 3.8) is 0 Å². The smallest absolute Gasteiger partial charge is 0.343 e. The summed E-state index contributed by atoms with van der Waals surface area (Å²) in [4.78, 5) is 23.6. The number of hydrogen-bond acceptors (Lipinski definition) is 5. The zero-order chi connectivity index (χ0) is 13.1. The van der Waals surface area contributed by atoms with Gasteiger partial charge in [0.1, 0.15) is 10.6 Å². The fourth-order valence-corrected chi connectivity index (χ4v) is 2.57. The van der Waals surface area contributed by atoms with Gasteiger partial charge in [0.2, 0.25) is 5.91 Å². The summed E-state index contributed by atoms with van der Waals surface area (Å²) in [6, 6.07) is 0. The summed E-state index contributed by atoms with van der Waals surface area (Å²) in [6.45, 7) is 3.80. The Hall–Kier alpha value is -1.43. The van der Waals surface area contributed by atoms with E-state index in [1.807, 2.05) is 0 Å². The highest BCUT2D eigenvalue weighted by Crippen LogP contribution is 2.30. The second-order valence-corrected chi connectivity index (χ2v) is 5.08. The molecule has 2 rings (SSSR count). The van der Waals surface area contributed by atoms with Gasteiger partial charge in [0.05, 0.1) is 12.3 Å². The lowest BCUT2D eigenvalue weighted by Crippen LogP contribution is -2.28. The van der Waals surface area contributed by atoms with Crippen molar-refractivity contribution < 1.29 is 14.3 Å². The Balaban J connectivity index is 2.12. The summed E-state index contributed by atoms with van der Waals surface area (Å²) >= 11 is 1.13. The molecule has 1 aliphatic rings. The van der Waals surface area contributed by atoms with Crippen LogP contribution < -0.4 is 5.32 Å². The van der Waals surface area contributed by atoms with Crippen molar-refractivity contribution in [2.75, 3.05) is 11.9 Å². The predicted molar refractivity (Wildman–Crippen MR) is 68.8 cm³/mol. The highest BCUT2D eigenvalue weighted by atomic mass is 32.1. The van der Waals surface area contributed by atoms with E-state index in [1.54, 1.807) is 13.8 Å². The summed E-state index contributed by atoms with van der Waals surface area (Å²) in [6.07, 6.45) is 2.96. The zero-order valence-electron chi connectivity index (χ0n) is 10.5. The summed E-state index contributed by atoms with van der Waals surface area (Å²) in [5.74, 6) is -0.356. The molecule has 0 aliphatic heterocycles. The van der Waals surface area contributed by atoms with E-state index in [0.29, 0.717) is 22.9 Å². The van der Waals surface area contributed by atoms with Crippen LogP contribution in [-0.4, -0.2) is 22.9 Å². The largest absolute Gasteiger partial charge is 0.462 e. The number of carbonyl (C=O) groups excluding carboxylic acids is 2. The van der Waals surface area contributed by atoms with Gasteiger partial charge in [-0.25, -0.2) is 4.79 Å². The molecule has 0 atom stereocenters. The summed E-state index contributed by atoms with van der Waals surface area (Å²) in [5, 5.41) is 3.29. The summed E-state index contributed by atoms with van der Waals surface area (Å²) < 4.78 is 9.07. The quantitative estimate of drug-likeness (QED) is 0.851. The fraction of sp³-hybridized carbons (Fsp3) is 0.583. The van der Waals surface area contributed by atoms with Crippen LogP contribution in [0.2, 0.25) is 0 Å². The molecule has 1 heterocycles. The third-order valence-electron chi connectivity index (χ3n) is 3.05. The van der Waals surface area contributed by atoms with Crippen molar-refractivity contribution in [2.45, 2.75) is 33.1 Å². The first-order chi connectivity index (χ1) is 8.63. The minimum atomic E-state index is -0.423. The molecule has 98 valence electrons. The van der Waals surface area contributed by atoms with Gasteiger partial charge >= 0.3 is 5.97 Å². The van der Waals surface area contributed by atoms with Gasteiger partial charge in [0.25, 0.3) is 0 Å². The number of rotatable bonds is 4. The number of aryl methyl sites for hydroxylation is 1. The molecular formula is C12H16N2O3S. The van der Waals surface area contributed by atoms with Crippen molar-refractivity contribution in [3.8, 4) is 0 Å². The number of nitrogens with one attached hydrogen (secondary N) is 1. The molecule has 0 unspecified atom stereocenters. The zero-order valence-corrected chi connectivity index (χ0v) is 11.3. The molecule has 18 heavy (non-hydrogen) atoms. The predicted octanol–water partition coefficient (Wildman–Crippen LogP) is 2.37. The van der Waals surface area contributed by atoms with E-state index >= 15 is 0 Å². The average molecular weight is 268 g/mol. The van der Waals surface area contributed by atoms with Gasteiger partial charge in [-0.15, -0.1) is 0 Å². The number of carbonyl (C=O) groups is 2. The van der Waals surface area contributed by atoms with E-state index in [4.69, 9.17) is 4.74 Å². The molecule has 1 saturated carbocycles. The number of anilines is 1. The van der Waals surface area contributed by atoms with Crippen LogP contribution >= 0.6 is 11.5 Å². The first kappa shape index (κ1) is 13.0. The lowest BCUT2D eigenvalue weighted by Gasteiger charge is -2.23. The van der Waals surface area contributed by atoms with Crippen molar-refractivity contribution in [2.24, 2.45) is 5.92 Å². The molecule has 0 spiro atoms. The Kier molecular flexibility index (Phi) is 3.96. The van der Waals surface area contributed by atoms with Crippen molar-refractivity contribution in [1.82, 2.24) is 4.37 Å². The number of esters is 1. The van der Waals surface area contributed by atoms with Crippen LogP contribution in [0.15, 0.2) is 0 Å². The second-order valence-electron chi connectivity index (χ2n) is 4.31. The van der Waals surface area contributed by atoms with Gasteiger partial charge in [-0.3, -0.25) is 4.79 Å². The van der Waals surface area contributed by atoms with Gasteiger partial charge in [-0.1, -0.05) is 6.42 Å². The number of hydrogen-bond donors (Lipinski definition) is 1. The Morgan fingerprint density at radius 1 is 1.50 bits per heavy atom. The first-order valence-electron chi connectivity index (χ1n) is 6.07. The molecular weight excluding hydrogens is 252 g/mol. The Morgan fingerprint density at radius 3 is 2.78 bits per heavy atom. The highest BCUT2D eigenvalue weighted by Gasteiger charge is 2.28. The number of aromatic nitrogens is 1. The maximum absolute atomic E-state index is 11.9. The Bertz CT molecular complexity index is 466. The van der Waals surface area contributed by atoms with Crippen molar-refractivity contribution in [3.05, 3.63) is 11.3 Å². The number of nitrogens with zero attached hydrogens (tertiary/aromatic N) is 1. The summed E-state index contributed by atoms with van der Waals surface area (Å²) in [7, 11) is 0. The van der Waals surface area contributed by atoms with E-state index < -0.39 is 5.97 Å². The standard InChI is InChI=1S/C12H16N2O3S/c1-3-17-12(16)9-7(2)14-18-11(9)13-10(15)8-5-4-6-8/h8H,3-6H2,1-2H3,(H,13,15). The van der Waals surface area contributed by atoms with Crippen LogP contribution in [0.1, 0.15) is 42.2 Å². The minimum Gasteiger partial charge on any atom is -0.462 e. The lowest BCUT2D eigenvalue weighted by atomic mass is 9.85. The van der Waals surface area contributed by atoms with Crippen LogP contribution in [0.5, 0.6) is 0 Å². The van der Waals surface area contributed by atoms with E-state index in [-0.39, 0.29) is 11.8 Å². The van der Waals surface area contributed by atoms with Crippen LogP contribution in [0, 0.1) is 12.8 Å². The topological polar surface area (TPSA) is 68.3 Å². The van der Waals surface area contributed by atoms with E-state index in [9.17, 15) is 9.59 Å². The monoisotopic (exact) mass is 268 g/mol. The van der Waals surface area contributed by atoms with Crippen molar-refractivity contribution in [1.29, 1.82) is 0 Å². The van der Waals surface area contributed by atoms with Gasteiger partial charge in [-0.05, 0) is 38.2 Å². The van der Waals surface area contributed by atoms with E-state index in [1.165, 1.54) is 0 Å². The molecule has 0 aromatic carbocycles. The van der Waals surface area contributed by atoms with Crippen LogP contribution in [0.25, 0.3) is 0 Å². The highest BCUT2D eigenvalue weighted by molar-refractivity contribution is 7.11. The Labute approximate surface area is 110 Å². The molecule has 1 amide bonds. The summed E-state index contributed by atoms with van der Waals surface area (Å²) in [5.41, 5.74) is 0.983. The molecule has 0 saturated heterocycles. The molecule has 1 N–H and O–H groups in total. The van der Waals surface area contributed by atoms with E-state index in [0.717, 1.165) is 30.8 Å². The first-order valence-corrected chi connectivity index (χ1v) is 6.85. The molecule has 0 bridgehead atoms. The minimum absolute atomic E-state index is 0.0181. The average Bonchev–Trinajstić information content (AvgIpc) is 2.57. The second kappa shape index (κ2) is 5.48. The Morgan fingerprint density at radius 2 is 2.22 bits per heavy atom. The van der Waals surface area contributed by atoms with Crippen LogP contribution in [-0.2, 0) is 9.53 Å². The normalized spacial score (nSPS) is 15.0. The molecule has 0 radical (unpaired) electrons. The lowest BCUT2D eigenvalue weighted by molar-refractivity contribution is -0.122. The van der Waals surface area contributed by atoms with E-state index in [2.05, 4.69) is 9.69 Å². The van der Waals surface area contributed by atoms with Gasteiger partial charge < -0.3 is 10.1 Å². The maximum atomic E-state index is 11.9. The SMILES string of the molecule is CCOC(=O)c1c(C)nsc1NC(=O)C1CCC1. The van der Waals surface area contributed by atoms with Crippen LogP contribution in [0.4, 0.5) is 5.00 Å². The number of ether oxygens (including phenoxy) is 1.